The van der Waals surface area contributed by atoms with E-state index in [4.69, 9.17) is 0 Å². The number of benzene rings is 2. The summed E-state index contributed by atoms with van der Waals surface area (Å²) in [5.41, 5.74) is 0.190. The lowest BCUT2D eigenvalue weighted by atomic mass is 10.1. The van der Waals surface area contributed by atoms with Crippen LogP contribution in [0.15, 0.2) is 60.7 Å². The van der Waals surface area contributed by atoms with Gasteiger partial charge in [0.15, 0.2) is 0 Å². The maximum absolute atomic E-state index is 14.7. The smallest absolute Gasteiger partial charge is 0.274 e. The van der Waals surface area contributed by atoms with Gasteiger partial charge in [0.1, 0.15) is 6.42 Å². The molecule has 0 aromatic heterocycles. The zero-order valence-electron chi connectivity index (χ0n) is 15.0. The molecule has 0 N–H and O–H groups in total. The second kappa shape index (κ2) is 7.65. The molecule has 1 aliphatic heterocycles. The topological polar surface area (TPSA) is 57.7 Å². The standard InChI is InChI=1S/C20H16F4N2O3/c21-19(22,12-14-7-3-1-4-8-14)25-16(27)11-17(28)26(18(25)29)20(23,24)13-15-9-5-2-6-10-15/h1-10H,11-13H2. The third-order valence-electron chi connectivity index (χ3n) is 4.36. The Hall–Kier alpha value is -3.23. The Morgan fingerprint density at radius 3 is 1.34 bits per heavy atom. The van der Waals surface area contributed by atoms with E-state index in [1.807, 2.05) is 0 Å². The van der Waals surface area contributed by atoms with E-state index in [9.17, 15) is 31.9 Å². The van der Waals surface area contributed by atoms with Crippen LogP contribution in [0.25, 0.3) is 0 Å². The number of nitrogens with zero attached hydrogens (tertiary/aromatic N) is 2. The van der Waals surface area contributed by atoms with E-state index in [0.29, 0.717) is 0 Å². The van der Waals surface area contributed by atoms with Crippen molar-refractivity contribution in [3.05, 3.63) is 71.8 Å². The highest BCUT2D eigenvalue weighted by Crippen LogP contribution is 2.35. The van der Waals surface area contributed by atoms with Gasteiger partial charge in [-0.2, -0.15) is 17.6 Å². The fourth-order valence-corrected chi connectivity index (χ4v) is 3.09. The van der Waals surface area contributed by atoms with Crippen molar-refractivity contribution in [2.75, 3.05) is 0 Å². The molecule has 29 heavy (non-hydrogen) atoms. The van der Waals surface area contributed by atoms with Crippen molar-refractivity contribution in [3.63, 3.8) is 0 Å². The lowest BCUT2D eigenvalue weighted by molar-refractivity contribution is -0.189. The SMILES string of the molecule is O=C1CC(=O)N(C(F)(F)Cc2ccccc2)C(=O)N1C(F)(F)Cc1ccccc1. The number of carbonyl (C=O) groups is 3. The summed E-state index contributed by atoms with van der Waals surface area (Å²) in [5.74, 6) is -3.04. The Labute approximate surface area is 163 Å². The molecule has 0 unspecified atom stereocenters. The molecule has 0 bridgehead atoms. The summed E-state index contributed by atoms with van der Waals surface area (Å²) < 4.78 is 58.9. The molecule has 3 rings (SSSR count). The Morgan fingerprint density at radius 2 is 1.00 bits per heavy atom. The molecule has 1 fully saturated rings. The third-order valence-corrected chi connectivity index (χ3v) is 4.36. The van der Waals surface area contributed by atoms with Gasteiger partial charge in [-0.15, -0.1) is 0 Å². The van der Waals surface area contributed by atoms with Crippen LogP contribution in [0.4, 0.5) is 22.4 Å². The number of amides is 4. The molecule has 4 amide bonds. The minimum absolute atomic E-state index is 0.0950. The Balaban J connectivity index is 1.89. The number of halogens is 4. The van der Waals surface area contributed by atoms with Crippen LogP contribution in [0.5, 0.6) is 0 Å². The predicted octanol–water partition coefficient (Wildman–Crippen LogP) is 3.84. The zero-order chi connectivity index (χ0) is 21.2. The summed E-state index contributed by atoms with van der Waals surface area (Å²) in [4.78, 5) is 35.4. The van der Waals surface area contributed by atoms with E-state index in [0.717, 1.165) is 0 Å². The maximum Gasteiger partial charge on any atom is 0.342 e. The normalized spacial score (nSPS) is 15.8. The second-order valence-electron chi connectivity index (χ2n) is 6.57. The molecular weight excluding hydrogens is 392 g/mol. The fourth-order valence-electron chi connectivity index (χ4n) is 3.09. The lowest BCUT2D eigenvalue weighted by Gasteiger charge is -2.39. The number of imide groups is 2. The molecule has 0 atom stereocenters. The lowest BCUT2D eigenvalue weighted by Crippen LogP contribution is -2.65. The number of hydrogen-bond acceptors (Lipinski definition) is 3. The average Bonchev–Trinajstić information content (AvgIpc) is 2.61. The van der Waals surface area contributed by atoms with E-state index < -0.39 is 59.0 Å². The average molecular weight is 408 g/mol. The summed E-state index contributed by atoms with van der Waals surface area (Å²) >= 11 is 0. The first kappa shape index (κ1) is 20.5. The van der Waals surface area contributed by atoms with Crippen molar-refractivity contribution in [2.45, 2.75) is 31.4 Å². The quantitative estimate of drug-likeness (QED) is 0.415. The van der Waals surface area contributed by atoms with E-state index in [-0.39, 0.29) is 11.1 Å². The molecule has 1 saturated heterocycles. The monoisotopic (exact) mass is 408 g/mol. The zero-order valence-corrected chi connectivity index (χ0v) is 15.0. The molecule has 2 aromatic rings. The minimum Gasteiger partial charge on any atom is -0.274 e. The van der Waals surface area contributed by atoms with Crippen molar-refractivity contribution >= 4 is 17.8 Å². The first-order valence-corrected chi connectivity index (χ1v) is 8.65. The Morgan fingerprint density at radius 1 is 0.655 bits per heavy atom. The summed E-state index contributed by atoms with van der Waals surface area (Å²) in [6.45, 7) is 0. The number of urea groups is 1. The molecule has 0 spiro atoms. The highest BCUT2D eigenvalue weighted by atomic mass is 19.3. The molecular formula is C20H16F4N2O3. The molecule has 1 aliphatic rings. The molecule has 9 heteroatoms. The molecule has 5 nitrogen and oxygen atoms in total. The Bertz CT molecular complexity index is 846. The van der Waals surface area contributed by atoms with Gasteiger partial charge in [-0.1, -0.05) is 60.7 Å². The van der Waals surface area contributed by atoms with Gasteiger partial charge in [-0.3, -0.25) is 9.59 Å². The van der Waals surface area contributed by atoms with Crippen LogP contribution in [-0.4, -0.2) is 39.7 Å². The summed E-state index contributed by atoms with van der Waals surface area (Å²) in [5, 5.41) is 0. The minimum atomic E-state index is -4.09. The van der Waals surface area contributed by atoms with Crippen LogP contribution in [0.3, 0.4) is 0 Å². The summed E-state index contributed by atoms with van der Waals surface area (Å²) in [6, 6.07) is 4.28. The van der Waals surface area contributed by atoms with Gasteiger partial charge < -0.3 is 0 Å². The Kier molecular flexibility index (Phi) is 5.41. The molecule has 2 aromatic carbocycles. The van der Waals surface area contributed by atoms with Crippen molar-refractivity contribution in [3.8, 4) is 0 Å². The number of carbonyl (C=O) groups excluding carboxylic acids is 3. The van der Waals surface area contributed by atoms with Gasteiger partial charge in [0.05, 0.1) is 12.8 Å². The van der Waals surface area contributed by atoms with Crippen molar-refractivity contribution in [2.24, 2.45) is 0 Å². The molecule has 0 radical (unpaired) electrons. The fraction of sp³-hybridized carbons (Fsp3) is 0.250. The number of hydrogen-bond donors (Lipinski definition) is 0. The van der Waals surface area contributed by atoms with E-state index >= 15 is 0 Å². The summed E-state index contributed by atoms with van der Waals surface area (Å²) in [6.07, 6.45) is -3.37. The van der Waals surface area contributed by atoms with Gasteiger partial charge in [-0.05, 0) is 11.1 Å². The van der Waals surface area contributed by atoms with E-state index in [1.54, 1.807) is 12.1 Å². The van der Waals surface area contributed by atoms with Crippen LogP contribution in [0.2, 0.25) is 0 Å². The van der Waals surface area contributed by atoms with Crippen molar-refractivity contribution < 1.29 is 31.9 Å². The van der Waals surface area contributed by atoms with Crippen molar-refractivity contribution in [1.29, 1.82) is 0 Å². The number of alkyl halides is 4. The van der Waals surface area contributed by atoms with E-state index in [2.05, 4.69) is 0 Å². The first-order chi connectivity index (χ1) is 13.6. The molecule has 0 saturated carbocycles. The van der Waals surface area contributed by atoms with Crippen LogP contribution in [0, 0.1) is 0 Å². The van der Waals surface area contributed by atoms with Gasteiger partial charge in [0, 0.05) is 0 Å². The molecule has 0 aliphatic carbocycles. The van der Waals surface area contributed by atoms with Crippen molar-refractivity contribution in [1.82, 2.24) is 9.80 Å². The molecule has 1 heterocycles. The van der Waals surface area contributed by atoms with Crippen LogP contribution in [0.1, 0.15) is 17.5 Å². The highest BCUT2D eigenvalue weighted by Gasteiger charge is 2.57. The van der Waals surface area contributed by atoms with Crippen LogP contribution in [-0.2, 0) is 22.4 Å². The highest BCUT2D eigenvalue weighted by molar-refractivity contribution is 6.14. The maximum atomic E-state index is 14.7. The molecule has 152 valence electrons. The van der Waals surface area contributed by atoms with E-state index in [1.165, 1.54) is 48.5 Å². The number of rotatable bonds is 6. The van der Waals surface area contributed by atoms with Gasteiger partial charge >= 0.3 is 18.1 Å². The van der Waals surface area contributed by atoms with Gasteiger partial charge in [0.2, 0.25) is 11.8 Å². The largest absolute Gasteiger partial charge is 0.342 e. The predicted molar refractivity (Wildman–Crippen MR) is 93.9 cm³/mol. The van der Waals surface area contributed by atoms with Crippen LogP contribution < -0.4 is 0 Å². The van der Waals surface area contributed by atoms with Gasteiger partial charge in [-0.25, -0.2) is 14.6 Å². The summed E-state index contributed by atoms with van der Waals surface area (Å²) in [7, 11) is 0. The third kappa shape index (κ3) is 4.28. The second-order valence-corrected chi connectivity index (χ2v) is 6.57. The number of barbiturate groups is 1. The first-order valence-electron chi connectivity index (χ1n) is 8.65. The van der Waals surface area contributed by atoms with Crippen LogP contribution >= 0.6 is 0 Å². The van der Waals surface area contributed by atoms with Gasteiger partial charge in [0.25, 0.3) is 0 Å².